The average Bonchev–Trinajstić information content (AvgIpc) is 2.93. The van der Waals surface area contributed by atoms with Crippen molar-refractivity contribution < 1.29 is 0 Å². The minimum absolute atomic E-state index is 0.746. The van der Waals surface area contributed by atoms with Crippen LogP contribution in [0.15, 0.2) is 53.5 Å². The molecule has 0 radical (unpaired) electrons. The van der Waals surface area contributed by atoms with E-state index in [0.717, 1.165) is 40.9 Å². The van der Waals surface area contributed by atoms with E-state index in [-0.39, 0.29) is 0 Å². The van der Waals surface area contributed by atoms with E-state index in [0.29, 0.717) is 0 Å². The molecule has 0 saturated heterocycles. The maximum Gasteiger partial charge on any atom is 0.195 e. The van der Waals surface area contributed by atoms with Crippen LogP contribution in [0.3, 0.4) is 0 Å². The lowest BCUT2D eigenvalue weighted by atomic mass is 10.0. The largest absolute Gasteiger partial charge is 0.354 e. The zero-order valence-electron chi connectivity index (χ0n) is 10.4. The molecule has 0 unspecified atom stereocenters. The fraction of sp³-hybridized carbons (Fsp3) is 0.133. The number of nitrogens with zero attached hydrogens (tertiary/aromatic N) is 1. The first-order chi connectivity index (χ1) is 9.33. The van der Waals surface area contributed by atoms with Crippen molar-refractivity contribution in [1.82, 2.24) is 5.32 Å². The van der Waals surface area contributed by atoms with Crippen molar-refractivity contribution >= 4 is 23.2 Å². The molecule has 19 heavy (non-hydrogen) atoms. The third-order valence-corrected chi connectivity index (χ3v) is 3.26. The number of nitrogens with one attached hydrogen (secondary N) is 2. The molecule has 3 rings (SSSR count). The van der Waals surface area contributed by atoms with Gasteiger partial charge in [-0.25, -0.2) is 0 Å². The van der Waals surface area contributed by atoms with Crippen molar-refractivity contribution in [3.05, 3.63) is 53.6 Å². The monoisotopic (exact) mass is 271 g/mol. The number of hydrogen-bond acceptors (Lipinski definition) is 3. The van der Waals surface area contributed by atoms with Gasteiger partial charge in [0.1, 0.15) is 0 Å². The van der Waals surface area contributed by atoms with Crippen LogP contribution in [0.25, 0.3) is 11.1 Å². The fourth-order valence-corrected chi connectivity index (χ4v) is 2.21. The van der Waals surface area contributed by atoms with E-state index in [9.17, 15) is 0 Å². The van der Waals surface area contributed by atoms with Crippen LogP contribution in [0.4, 0.5) is 5.69 Å². The van der Waals surface area contributed by atoms with Gasteiger partial charge in [0.05, 0.1) is 6.54 Å². The van der Waals surface area contributed by atoms with E-state index in [1.54, 1.807) is 0 Å². The number of guanidine groups is 1. The summed E-state index contributed by atoms with van der Waals surface area (Å²) >= 11 is 5.93. The van der Waals surface area contributed by atoms with Crippen LogP contribution in [-0.4, -0.2) is 19.0 Å². The second kappa shape index (κ2) is 5.33. The summed E-state index contributed by atoms with van der Waals surface area (Å²) in [5.74, 6) is 0.835. The molecular formula is C15H14ClN3. The number of aliphatic imine (C=N–C) groups is 1. The topological polar surface area (TPSA) is 36.4 Å². The van der Waals surface area contributed by atoms with Crippen molar-refractivity contribution in [2.45, 2.75) is 0 Å². The Morgan fingerprint density at radius 3 is 2.58 bits per heavy atom. The number of halogens is 1. The molecule has 2 aromatic carbocycles. The summed E-state index contributed by atoms with van der Waals surface area (Å²) in [7, 11) is 0. The summed E-state index contributed by atoms with van der Waals surface area (Å²) in [4.78, 5) is 4.35. The molecule has 96 valence electrons. The number of para-hydroxylation sites is 1. The maximum absolute atomic E-state index is 5.93. The Hall–Kier alpha value is -2.00. The van der Waals surface area contributed by atoms with Gasteiger partial charge in [-0.2, -0.15) is 0 Å². The van der Waals surface area contributed by atoms with Gasteiger partial charge in [0, 0.05) is 22.8 Å². The van der Waals surface area contributed by atoms with E-state index in [2.05, 4.69) is 21.7 Å². The van der Waals surface area contributed by atoms with Gasteiger partial charge in [0.15, 0.2) is 5.96 Å². The number of anilines is 1. The summed E-state index contributed by atoms with van der Waals surface area (Å²) in [5, 5.41) is 7.29. The van der Waals surface area contributed by atoms with Crippen molar-refractivity contribution in [1.29, 1.82) is 0 Å². The predicted octanol–water partition coefficient (Wildman–Crippen LogP) is 3.38. The van der Waals surface area contributed by atoms with E-state index in [1.807, 2.05) is 42.5 Å². The second-order valence-corrected chi connectivity index (χ2v) is 4.77. The minimum Gasteiger partial charge on any atom is -0.354 e. The van der Waals surface area contributed by atoms with Crippen molar-refractivity contribution in [2.24, 2.45) is 4.99 Å². The van der Waals surface area contributed by atoms with Gasteiger partial charge in [-0.1, -0.05) is 41.9 Å². The molecule has 2 aromatic rings. The molecule has 1 heterocycles. The zero-order valence-corrected chi connectivity index (χ0v) is 11.1. The molecule has 0 atom stereocenters. The molecule has 2 N–H and O–H groups in total. The Morgan fingerprint density at radius 1 is 1.05 bits per heavy atom. The van der Waals surface area contributed by atoms with Crippen molar-refractivity contribution in [2.75, 3.05) is 18.4 Å². The molecule has 3 nitrogen and oxygen atoms in total. The molecular weight excluding hydrogens is 258 g/mol. The Morgan fingerprint density at radius 2 is 1.84 bits per heavy atom. The van der Waals surface area contributed by atoms with Gasteiger partial charge < -0.3 is 10.6 Å². The Balaban J connectivity index is 1.94. The normalized spacial score (nSPS) is 13.8. The Kier molecular flexibility index (Phi) is 3.38. The molecule has 0 aliphatic carbocycles. The van der Waals surface area contributed by atoms with Crippen LogP contribution in [0, 0.1) is 0 Å². The molecule has 0 bridgehead atoms. The van der Waals surface area contributed by atoms with E-state index in [1.165, 1.54) is 0 Å². The van der Waals surface area contributed by atoms with Crippen LogP contribution in [0.5, 0.6) is 0 Å². The maximum atomic E-state index is 5.93. The SMILES string of the molecule is Clc1ccc(-c2ccccc2NC2=NCCN2)cc1. The van der Waals surface area contributed by atoms with Crippen LogP contribution in [0.2, 0.25) is 5.02 Å². The summed E-state index contributed by atoms with van der Waals surface area (Å²) in [6, 6.07) is 16.0. The Bertz CT molecular complexity index is 605. The van der Waals surface area contributed by atoms with E-state index in [4.69, 9.17) is 11.6 Å². The first-order valence-electron chi connectivity index (χ1n) is 6.23. The highest BCUT2D eigenvalue weighted by Gasteiger charge is 2.09. The fourth-order valence-electron chi connectivity index (χ4n) is 2.08. The minimum atomic E-state index is 0.746. The van der Waals surface area contributed by atoms with Crippen LogP contribution < -0.4 is 10.6 Å². The third kappa shape index (κ3) is 2.71. The van der Waals surface area contributed by atoms with Gasteiger partial charge in [-0.3, -0.25) is 4.99 Å². The molecule has 0 fully saturated rings. The lowest BCUT2D eigenvalue weighted by molar-refractivity contribution is 0.959. The van der Waals surface area contributed by atoms with Gasteiger partial charge in [-0.05, 0) is 23.8 Å². The van der Waals surface area contributed by atoms with E-state index >= 15 is 0 Å². The van der Waals surface area contributed by atoms with Crippen LogP contribution in [0.1, 0.15) is 0 Å². The second-order valence-electron chi connectivity index (χ2n) is 4.33. The molecule has 1 aliphatic rings. The molecule has 0 amide bonds. The lowest BCUT2D eigenvalue weighted by Gasteiger charge is -2.12. The van der Waals surface area contributed by atoms with Gasteiger partial charge >= 0.3 is 0 Å². The smallest absolute Gasteiger partial charge is 0.195 e. The summed E-state index contributed by atoms with van der Waals surface area (Å²) in [6.07, 6.45) is 0. The highest BCUT2D eigenvalue weighted by Crippen LogP contribution is 2.28. The molecule has 1 aliphatic heterocycles. The molecule has 0 spiro atoms. The standard InChI is InChI=1S/C15H14ClN3/c16-12-7-5-11(6-8-12)13-3-1-2-4-14(13)19-15-17-9-10-18-15/h1-8H,9-10H2,(H2,17,18,19). The van der Waals surface area contributed by atoms with Crippen LogP contribution >= 0.6 is 11.6 Å². The van der Waals surface area contributed by atoms with Gasteiger partial charge in [-0.15, -0.1) is 0 Å². The van der Waals surface area contributed by atoms with Crippen molar-refractivity contribution in [3.8, 4) is 11.1 Å². The lowest BCUT2D eigenvalue weighted by Crippen LogP contribution is -2.26. The quantitative estimate of drug-likeness (QED) is 0.879. The first kappa shape index (κ1) is 12.1. The molecule has 0 saturated carbocycles. The van der Waals surface area contributed by atoms with E-state index < -0.39 is 0 Å². The van der Waals surface area contributed by atoms with Gasteiger partial charge in [0.2, 0.25) is 0 Å². The number of benzene rings is 2. The summed E-state index contributed by atoms with van der Waals surface area (Å²) in [6.45, 7) is 1.72. The molecule has 0 aromatic heterocycles. The first-order valence-corrected chi connectivity index (χ1v) is 6.61. The van der Waals surface area contributed by atoms with Crippen molar-refractivity contribution in [3.63, 3.8) is 0 Å². The number of rotatable bonds is 2. The number of hydrogen-bond donors (Lipinski definition) is 2. The summed E-state index contributed by atoms with van der Waals surface area (Å²) < 4.78 is 0. The average molecular weight is 272 g/mol. The molecule has 4 heteroatoms. The van der Waals surface area contributed by atoms with Crippen LogP contribution in [-0.2, 0) is 0 Å². The zero-order chi connectivity index (χ0) is 13.1. The summed E-state index contributed by atoms with van der Waals surface area (Å²) in [5.41, 5.74) is 3.31. The van der Waals surface area contributed by atoms with Gasteiger partial charge in [0.25, 0.3) is 0 Å². The third-order valence-electron chi connectivity index (χ3n) is 3.01. The Labute approximate surface area is 117 Å². The highest BCUT2D eigenvalue weighted by atomic mass is 35.5. The predicted molar refractivity (Wildman–Crippen MR) is 80.8 cm³/mol. The highest BCUT2D eigenvalue weighted by molar-refractivity contribution is 6.30.